The maximum atomic E-state index is 12.5. The topological polar surface area (TPSA) is 49.4 Å². The summed E-state index contributed by atoms with van der Waals surface area (Å²) in [6.45, 7) is 5.97. The van der Waals surface area contributed by atoms with Crippen molar-refractivity contribution < 1.29 is 8.42 Å². The third-order valence-electron chi connectivity index (χ3n) is 3.81. The van der Waals surface area contributed by atoms with E-state index < -0.39 is 10.0 Å². The number of rotatable bonds is 7. The molecule has 1 heterocycles. The van der Waals surface area contributed by atoms with Gasteiger partial charge in [0.15, 0.2) is 0 Å². The molecular formula is C13H26N2O2S. The van der Waals surface area contributed by atoms with E-state index in [9.17, 15) is 8.42 Å². The Balaban J connectivity index is 1.94. The fourth-order valence-electron chi connectivity index (χ4n) is 2.55. The average molecular weight is 274 g/mol. The van der Waals surface area contributed by atoms with Crippen molar-refractivity contribution in [3.63, 3.8) is 0 Å². The van der Waals surface area contributed by atoms with E-state index in [-0.39, 0.29) is 6.04 Å². The van der Waals surface area contributed by atoms with Crippen molar-refractivity contribution >= 4 is 10.0 Å². The Bertz CT molecular complexity index is 357. The van der Waals surface area contributed by atoms with Crippen LogP contribution in [0.3, 0.4) is 0 Å². The zero-order chi connectivity index (χ0) is 13.2. The Morgan fingerprint density at radius 2 is 2.00 bits per heavy atom. The van der Waals surface area contributed by atoms with Crippen LogP contribution in [-0.2, 0) is 10.0 Å². The van der Waals surface area contributed by atoms with Crippen LogP contribution in [0.2, 0.25) is 0 Å². The maximum absolute atomic E-state index is 12.5. The molecule has 2 fully saturated rings. The van der Waals surface area contributed by atoms with Gasteiger partial charge in [0.25, 0.3) is 0 Å². The Morgan fingerprint density at radius 1 is 1.28 bits per heavy atom. The summed E-state index contributed by atoms with van der Waals surface area (Å²) in [5.41, 5.74) is 0. The van der Waals surface area contributed by atoms with Crippen molar-refractivity contribution in [2.75, 3.05) is 18.8 Å². The highest BCUT2D eigenvalue weighted by molar-refractivity contribution is 7.89. The molecule has 1 atom stereocenters. The first-order valence-electron chi connectivity index (χ1n) is 7.22. The van der Waals surface area contributed by atoms with E-state index in [2.05, 4.69) is 19.2 Å². The van der Waals surface area contributed by atoms with Gasteiger partial charge in [-0.3, -0.25) is 0 Å². The van der Waals surface area contributed by atoms with Crippen LogP contribution < -0.4 is 5.32 Å². The molecule has 1 N–H and O–H groups in total. The van der Waals surface area contributed by atoms with Crippen LogP contribution in [0.4, 0.5) is 0 Å². The first-order chi connectivity index (χ1) is 8.49. The van der Waals surface area contributed by atoms with Gasteiger partial charge in [0, 0.05) is 18.6 Å². The summed E-state index contributed by atoms with van der Waals surface area (Å²) in [4.78, 5) is 0. The summed E-state index contributed by atoms with van der Waals surface area (Å²) in [5, 5.41) is 3.29. The standard InChI is InChI=1S/C13H26N2O2S/c1-11(2)7-9-15(13-5-6-13)18(16,17)10-12-4-3-8-14-12/h11-14H,3-10H2,1-2H3. The van der Waals surface area contributed by atoms with Crippen LogP contribution in [-0.4, -0.2) is 43.6 Å². The molecule has 0 spiro atoms. The molecule has 0 aromatic heterocycles. The minimum Gasteiger partial charge on any atom is -0.313 e. The summed E-state index contributed by atoms with van der Waals surface area (Å²) >= 11 is 0. The largest absolute Gasteiger partial charge is 0.313 e. The zero-order valence-corrected chi connectivity index (χ0v) is 12.4. The first kappa shape index (κ1) is 14.3. The van der Waals surface area contributed by atoms with E-state index in [0.29, 0.717) is 24.3 Å². The molecule has 1 saturated carbocycles. The van der Waals surface area contributed by atoms with E-state index >= 15 is 0 Å². The summed E-state index contributed by atoms with van der Waals surface area (Å²) < 4.78 is 26.7. The van der Waals surface area contributed by atoms with Crippen LogP contribution in [0.5, 0.6) is 0 Å². The highest BCUT2D eigenvalue weighted by Gasteiger charge is 2.38. The van der Waals surface area contributed by atoms with Crippen LogP contribution >= 0.6 is 0 Å². The molecule has 1 aliphatic heterocycles. The van der Waals surface area contributed by atoms with Gasteiger partial charge in [-0.1, -0.05) is 13.8 Å². The van der Waals surface area contributed by atoms with Crippen molar-refractivity contribution in [1.82, 2.24) is 9.62 Å². The minimum atomic E-state index is -3.07. The highest BCUT2D eigenvalue weighted by atomic mass is 32.2. The summed E-state index contributed by atoms with van der Waals surface area (Å²) in [6.07, 6.45) is 5.18. The molecule has 5 heteroatoms. The second kappa shape index (κ2) is 5.88. The molecule has 0 bridgehead atoms. The van der Waals surface area contributed by atoms with Crippen molar-refractivity contribution in [1.29, 1.82) is 0 Å². The van der Waals surface area contributed by atoms with Crippen LogP contribution in [0.15, 0.2) is 0 Å². The average Bonchev–Trinajstić information content (AvgIpc) is 2.96. The zero-order valence-electron chi connectivity index (χ0n) is 11.6. The molecule has 0 aromatic carbocycles. The van der Waals surface area contributed by atoms with E-state index in [4.69, 9.17) is 0 Å². The van der Waals surface area contributed by atoms with Crippen molar-refractivity contribution in [2.24, 2.45) is 5.92 Å². The predicted octanol–water partition coefficient (Wildman–Crippen LogP) is 1.58. The van der Waals surface area contributed by atoms with Crippen molar-refractivity contribution in [3.8, 4) is 0 Å². The van der Waals surface area contributed by atoms with Gasteiger partial charge in [-0.25, -0.2) is 8.42 Å². The molecule has 4 nitrogen and oxygen atoms in total. The molecule has 1 saturated heterocycles. The molecule has 106 valence electrons. The lowest BCUT2D eigenvalue weighted by molar-refractivity contribution is 0.371. The van der Waals surface area contributed by atoms with Gasteiger partial charge in [-0.05, 0) is 44.6 Å². The Hall–Kier alpha value is -0.130. The molecule has 18 heavy (non-hydrogen) atoms. The fourth-order valence-corrected chi connectivity index (χ4v) is 4.58. The van der Waals surface area contributed by atoms with Gasteiger partial charge < -0.3 is 5.32 Å². The van der Waals surface area contributed by atoms with E-state index in [1.54, 1.807) is 4.31 Å². The van der Waals surface area contributed by atoms with Crippen LogP contribution in [0, 0.1) is 5.92 Å². The quantitative estimate of drug-likeness (QED) is 0.767. The van der Waals surface area contributed by atoms with Gasteiger partial charge in [0.2, 0.25) is 10.0 Å². The van der Waals surface area contributed by atoms with E-state index in [0.717, 1.165) is 38.6 Å². The Morgan fingerprint density at radius 3 is 2.50 bits per heavy atom. The molecular weight excluding hydrogens is 248 g/mol. The van der Waals surface area contributed by atoms with Gasteiger partial charge in [0.1, 0.15) is 0 Å². The smallest absolute Gasteiger partial charge is 0.215 e. The normalized spacial score (nSPS) is 25.2. The Kier molecular flexibility index (Phi) is 4.67. The number of hydrogen-bond acceptors (Lipinski definition) is 3. The molecule has 1 unspecified atom stereocenters. The number of hydrogen-bond donors (Lipinski definition) is 1. The van der Waals surface area contributed by atoms with Gasteiger partial charge in [-0.2, -0.15) is 4.31 Å². The third-order valence-corrected chi connectivity index (χ3v) is 5.83. The fraction of sp³-hybridized carbons (Fsp3) is 1.00. The molecule has 0 amide bonds. The second-order valence-electron chi connectivity index (χ2n) is 6.10. The number of nitrogens with one attached hydrogen (secondary N) is 1. The van der Waals surface area contributed by atoms with Crippen LogP contribution in [0.1, 0.15) is 46.0 Å². The van der Waals surface area contributed by atoms with Gasteiger partial charge in [0.05, 0.1) is 5.75 Å². The van der Waals surface area contributed by atoms with Gasteiger partial charge >= 0.3 is 0 Å². The van der Waals surface area contributed by atoms with E-state index in [1.165, 1.54) is 0 Å². The lowest BCUT2D eigenvalue weighted by atomic mass is 10.1. The van der Waals surface area contributed by atoms with Crippen LogP contribution in [0.25, 0.3) is 0 Å². The molecule has 0 radical (unpaired) electrons. The second-order valence-corrected chi connectivity index (χ2v) is 8.06. The first-order valence-corrected chi connectivity index (χ1v) is 8.83. The van der Waals surface area contributed by atoms with Gasteiger partial charge in [-0.15, -0.1) is 0 Å². The van der Waals surface area contributed by atoms with E-state index in [1.807, 2.05) is 0 Å². The molecule has 2 rings (SSSR count). The minimum absolute atomic E-state index is 0.176. The van der Waals surface area contributed by atoms with Crippen molar-refractivity contribution in [3.05, 3.63) is 0 Å². The predicted molar refractivity (Wildman–Crippen MR) is 74.0 cm³/mol. The number of sulfonamides is 1. The Labute approximate surface area is 111 Å². The number of nitrogens with zero attached hydrogens (tertiary/aromatic N) is 1. The highest BCUT2D eigenvalue weighted by Crippen LogP contribution is 2.30. The summed E-state index contributed by atoms with van der Waals surface area (Å²) in [5.74, 6) is 0.854. The molecule has 1 aliphatic carbocycles. The monoisotopic (exact) mass is 274 g/mol. The lowest BCUT2D eigenvalue weighted by Crippen LogP contribution is -2.41. The summed E-state index contributed by atoms with van der Waals surface area (Å²) in [7, 11) is -3.07. The third kappa shape index (κ3) is 3.93. The van der Waals surface area contributed by atoms with Crippen molar-refractivity contribution in [2.45, 2.75) is 58.0 Å². The molecule has 0 aromatic rings. The lowest BCUT2D eigenvalue weighted by Gasteiger charge is -2.24. The maximum Gasteiger partial charge on any atom is 0.215 e. The molecule has 2 aliphatic rings. The SMILES string of the molecule is CC(C)CCN(C1CC1)S(=O)(=O)CC1CCCN1. The summed E-state index contributed by atoms with van der Waals surface area (Å²) in [6, 6.07) is 0.477.